The van der Waals surface area contributed by atoms with Gasteiger partial charge in [-0.05, 0) is 39.3 Å². The smallest absolute Gasteiger partial charge is 0.407 e. The second-order valence-corrected chi connectivity index (χ2v) is 8.22. The van der Waals surface area contributed by atoms with Crippen LogP contribution in [0.15, 0.2) is 29.4 Å². The van der Waals surface area contributed by atoms with Gasteiger partial charge in [-0.2, -0.15) is 0 Å². The summed E-state index contributed by atoms with van der Waals surface area (Å²) in [5, 5.41) is 6.39. The number of nitrogens with zero attached hydrogens (tertiary/aromatic N) is 4. The number of nitrogens with one attached hydrogen (secondary N) is 2. The Hall–Kier alpha value is -1.78. The minimum atomic E-state index is -0.502. The molecule has 1 amide bonds. The number of alkyl carbamates (subject to hydrolysis) is 1. The van der Waals surface area contributed by atoms with E-state index in [2.05, 4.69) is 37.3 Å². The molecule has 1 unspecified atom stereocenters. The van der Waals surface area contributed by atoms with Crippen LogP contribution >= 0.6 is 24.0 Å². The van der Waals surface area contributed by atoms with E-state index in [4.69, 9.17) is 4.74 Å². The number of aromatic nitrogens is 1. The van der Waals surface area contributed by atoms with Gasteiger partial charge in [0.1, 0.15) is 11.4 Å². The van der Waals surface area contributed by atoms with Crippen molar-refractivity contribution in [3.8, 4) is 0 Å². The number of pyridine rings is 1. The lowest BCUT2D eigenvalue weighted by Gasteiger charge is -2.37. The molecular weight excluding hydrogens is 495 g/mol. The van der Waals surface area contributed by atoms with Crippen molar-refractivity contribution < 1.29 is 9.53 Å². The Morgan fingerprint density at radius 1 is 1.27 bits per heavy atom. The van der Waals surface area contributed by atoms with Crippen LogP contribution in [0.5, 0.6) is 0 Å². The molecule has 1 aromatic heterocycles. The highest BCUT2D eigenvalue weighted by atomic mass is 127. The zero-order chi connectivity index (χ0) is 21.3. The minimum Gasteiger partial charge on any atom is -0.444 e. The van der Waals surface area contributed by atoms with E-state index >= 15 is 0 Å². The molecule has 170 valence electrons. The number of aliphatic imine (C=N–C) groups is 1. The summed E-state index contributed by atoms with van der Waals surface area (Å²) in [7, 11) is 1.80. The van der Waals surface area contributed by atoms with Crippen LogP contribution in [0.3, 0.4) is 0 Å². The van der Waals surface area contributed by atoms with Crippen molar-refractivity contribution in [3.63, 3.8) is 0 Å². The Kier molecular flexibility index (Phi) is 11.2. The van der Waals surface area contributed by atoms with Crippen molar-refractivity contribution in [2.45, 2.75) is 52.2 Å². The molecule has 0 aromatic carbocycles. The van der Waals surface area contributed by atoms with Gasteiger partial charge in [0.15, 0.2) is 5.96 Å². The maximum atomic E-state index is 12.1. The van der Waals surface area contributed by atoms with Crippen molar-refractivity contribution in [1.82, 2.24) is 20.5 Å². The number of hydrogen-bond acceptors (Lipinski definition) is 5. The second kappa shape index (κ2) is 12.8. The molecule has 1 atom stereocenters. The largest absolute Gasteiger partial charge is 0.444 e. The first-order chi connectivity index (χ1) is 13.8. The molecule has 30 heavy (non-hydrogen) atoms. The van der Waals surface area contributed by atoms with Crippen LogP contribution in [0.4, 0.5) is 10.6 Å². The Balaban J connectivity index is 0.00000450. The SMILES string of the molecule is CCCC(CNC(=NC)N1CCN(c2ccccn2)CC1)NC(=O)OC(C)(C)C.I. The first-order valence-electron chi connectivity index (χ1n) is 10.4. The number of halogens is 1. The van der Waals surface area contributed by atoms with Crippen molar-refractivity contribution >= 4 is 41.8 Å². The number of carbonyl (C=O) groups is 1. The summed E-state index contributed by atoms with van der Waals surface area (Å²) >= 11 is 0. The molecular formula is C21H37IN6O2. The van der Waals surface area contributed by atoms with Crippen molar-refractivity contribution in [2.75, 3.05) is 44.7 Å². The lowest BCUT2D eigenvalue weighted by Crippen LogP contribution is -2.54. The topological polar surface area (TPSA) is 82.1 Å². The average molecular weight is 532 g/mol. The molecule has 1 saturated heterocycles. The average Bonchev–Trinajstić information content (AvgIpc) is 2.68. The number of hydrogen-bond donors (Lipinski definition) is 2. The quantitative estimate of drug-likeness (QED) is 0.333. The van der Waals surface area contributed by atoms with Crippen molar-refractivity contribution in [1.29, 1.82) is 0 Å². The summed E-state index contributed by atoms with van der Waals surface area (Å²) in [5.41, 5.74) is -0.502. The summed E-state index contributed by atoms with van der Waals surface area (Å²) in [6.07, 6.45) is 3.30. The Bertz CT molecular complexity index is 657. The normalized spacial score (nSPS) is 15.8. The van der Waals surface area contributed by atoms with Gasteiger partial charge in [-0.1, -0.05) is 19.4 Å². The monoisotopic (exact) mass is 532 g/mol. The summed E-state index contributed by atoms with van der Waals surface area (Å²) in [4.78, 5) is 25.5. The molecule has 2 rings (SSSR count). The lowest BCUT2D eigenvalue weighted by atomic mass is 10.1. The van der Waals surface area contributed by atoms with Crippen LogP contribution in [0.1, 0.15) is 40.5 Å². The molecule has 2 heterocycles. The third-order valence-electron chi connectivity index (χ3n) is 4.63. The van der Waals surface area contributed by atoms with Crippen LogP contribution in [-0.4, -0.2) is 73.4 Å². The maximum absolute atomic E-state index is 12.1. The van der Waals surface area contributed by atoms with Gasteiger partial charge in [0.05, 0.1) is 0 Å². The number of guanidine groups is 1. The number of ether oxygens (including phenoxy) is 1. The van der Waals surface area contributed by atoms with Gasteiger partial charge >= 0.3 is 6.09 Å². The number of carbonyl (C=O) groups excluding carboxylic acids is 1. The fourth-order valence-corrected chi connectivity index (χ4v) is 3.28. The van der Waals surface area contributed by atoms with Gasteiger partial charge < -0.3 is 25.2 Å². The van der Waals surface area contributed by atoms with Crippen molar-refractivity contribution in [3.05, 3.63) is 24.4 Å². The minimum absolute atomic E-state index is 0. The highest BCUT2D eigenvalue weighted by Crippen LogP contribution is 2.12. The molecule has 0 bridgehead atoms. The summed E-state index contributed by atoms with van der Waals surface area (Å²) in [6.45, 7) is 11.8. The molecule has 1 aliphatic rings. The third kappa shape index (κ3) is 8.93. The first kappa shape index (κ1) is 26.3. The molecule has 1 aliphatic heterocycles. The molecule has 0 radical (unpaired) electrons. The van der Waals surface area contributed by atoms with Crippen molar-refractivity contribution in [2.24, 2.45) is 4.99 Å². The van der Waals surface area contributed by atoms with Gasteiger partial charge in [-0.3, -0.25) is 4.99 Å². The van der Waals surface area contributed by atoms with Gasteiger partial charge in [0.2, 0.25) is 0 Å². The molecule has 0 aliphatic carbocycles. The summed E-state index contributed by atoms with van der Waals surface area (Å²) in [5.74, 6) is 1.87. The molecule has 0 spiro atoms. The van der Waals surface area contributed by atoms with E-state index in [1.807, 2.05) is 45.2 Å². The summed E-state index contributed by atoms with van der Waals surface area (Å²) in [6, 6.07) is 5.98. The Morgan fingerprint density at radius 3 is 2.50 bits per heavy atom. The predicted molar refractivity (Wildman–Crippen MR) is 133 cm³/mol. The highest BCUT2D eigenvalue weighted by molar-refractivity contribution is 14.0. The van der Waals surface area contributed by atoms with Gasteiger partial charge in [0, 0.05) is 52.0 Å². The van der Waals surface area contributed by atoms with Crippen LogP contribution < -0.4 is 15.5 Å². The van der Waals surface area contributed by atoms with E-state index in [1.54, 1.807) is 7.05 Å². The Labute approximate surface area is 197 Å². The third-order valence-corrected chi connectivity index (χ3v) is 4.63. The van der Waals surface area contributed by atoms with Crippen LogP contribution in [0.25, 0.3) is 0 Å². The van der Waals surface area contributed by atoms with E-state index < -0.39 is 5.60 Å². The van der Waals surface area contributed by atoms with Crippen LogP contribution in [0.2, 0.25) is 0 Å². The standard InChI is InChI=1S/C21H36N6O2.HI/c1-6-9-17(25-20(28)29-21(2,3)4)16-24-19(22-5)27-14-12-26(13-15-27)18-10-7-8-11-23-18;/h7-8,10-11,17H,6,9,12-16H2,1-5H3,(H,22,24)(H,25,28);1H. The fourth-order valence-electron chi connectivity index (χ4n) is 3.28. The fraction of sp³-hybridized carbons (Fsp3) is 0.667. The van der Waals surface area contributed by atoms with Gasteiger partial charge in [0.25, 0.3) is 0 Å². The zero-order valence-corrected chi connectivity index (χ0v) is 21.2. The molecule has 2 N–H and O–H groups in total. The molecule has 8 nitrogen and oxygen atoms in total. The second-order valence-electron chi connectivity index (χ2n) is 8.22. The molecule has 1 fully saturated rings. The Morgan fingerprint density at radius 2 is 1.97 bits per heavy atom. The molecule has 9 heteroatoms. The number of rotatable bonds is 6. The van der Waals surface area contributed by atoms with E-state index in [0.717, 1.165) is 50.8 Å². The van der Waals surface area contributed by atoms with E-state index in [-0.39, 0.29) is 36.1 Å². The van der Waals surface area contributed by atoms with Crippen LogP contribution in [0, 0.1) is 0 Å². The number of piperazine rings is 1. The number of anilines is 1. The highest BCUT2D eigenvalue weighted by Gasteiger charge is 2.22. The van der Waals surface area contributed by atoms with Gasteiger partial charge in [-0.25, -0.2) is 9.78 Å². The zero-order valence-electron chi connectivity index (χ0n) is 18.9. The summed E-state index contributed by atoms with van der Waals surface area (Å²) < 4.78 is 5.39. The van der Waals surface area contributed by atoms with E-state index in [0.29, 0.717) is 6.54 Å². The first-order valence-corrected chi connectivity index (χ1v) is 10.4. The molecule has 0 saturated carbocycles. The maximum Gasteiger partial charge on any atom is 0.407 e. The lowest BCUT2D eigenvalue weighted by molar-refractivity contribution is 0.0502. The van der Waals surface area contributed by atoms with Crippen LogP contribution in [-0.2, 0) is 4.74 Å². The van der Waals surface area contributed by atoms with Gasteiger partial charge in [-0.15, -0.1) is 24.0 Å². The van der Waals surface area contributed by atoms with E-state index in [9.17, 15) is 4.79 Å². The van der Waals surface area contributed by atoms with E-state index in [1.165, 1.54) is 0 Å². The molecule has 1 aromatic rings. The number of amides is 1. The predicted octanol–water partition coefficient (Wildman–Crippen LogP) is 3.09.